The van der Waals surface area contributed by atoms with E-state index in [4.69, 9.17) is 0 Å². The number of hydrazone groups is 1. The highest BCUT2D eigenvalue weighted by Crippen LogP contribution is 2.18. The van der Waals surface area contributed by atoms with Crippen molar-refractivity contribution < 1.29 is 18.0 Å². The van der Waals surface area contributed by atoms with Gasteiger partial charge in [0.15, 0.2) is 0 Å². The number of carbonyl (C=O) groups is 2. The quantitative estimate of drug-likeness (QED) is 0.732. The number of nitrogens with zero attached hydrogens (tertiary/aromatic N) is 3. The predicted molar refractivity (Wildman–Crippen MR) is 77.0 cm³/mol. The van der Waals surface area contributed by atoms with E-state index in [1.165, 1.54) is 24.0 Å². The lowest BCUT2D eigenvalue weighted by atomic mass is 10.1. The first-order chi connectivity index (χ1) is 9.85. The summed E-state index contributed by atoms with van der Waals surface area (Å²) in [5.41, 5.74) is 0.319. The lowest BCUT2D eigenvalue weighted by molar-refractivity contribution is -0.130. The van der Waals surface area contributed by atoms with Crippen molar-refractivity contribution >= 4 is 27.5 Å². The molecule has 0 aromatic carbocycles. The van der Waals surface area contributed by atoms with E-state index >= 15 is 0 Å². The molecule has 2 amide bonds. The van der Waals surface area contributed by atoms with Crippen LogP contribution in [-0.4, -0.2) is 68.3 Å². The van der Waals surface area contributed by atoms with Crippen molar-refractivity contribution in [3.63, 3.8) is 0 Å². The summed E-state index contributed by atoms with van der Waals surface area (Å²) < 4.78 is 26.0. The van der Waals surface area contributed by atoms with Gasteiger partial charge in [0.25, 0.3) is 5.91 Å². The highest BCUT2D eigenvalue weighted by Gasteiger charge is 2.34. The van der Waals surface area contributed by atoms with Gasteiger partial charge in [0.2, 0.25) is 15.9 Å². The van der Waals surface area contributed by atoms with Crippen LogP contribution in [0.3, 0.4) is 0 Å². The maximum absolute atomic E-state index is 12.4. The number of nitrogens with one attached hydrogen (secondary N) is 1. The summed E-state index contributed by atoms with van der Waals surface area (Å²) in [5.74, 6) is -0.397. The average molecular weight is 316 g/mol. The van der Waals surface area contributed by atoms with Crippen LogP contribution in [-0.2, 0) is 19.6 Å². The first kappa shape index (κ1) is 15.9. The van der Waals surface area contributed by atoms with Crippen molar-refractivity contribution in [2.24, 2.45) is 5.10 Å². The van der Waals surface area contributed by atoms with Crippen LogP contribution in [0.15, 0.2) is 5.10 Å². The van der Waals surface area contributed by atoms with Gasteiger partial charge in [0.05, 0.1) is 5.25 Å². The molecule has 1 saturated heterocycles. The van der Waals surface area contributed by atoms with Crippen molar-refractivity contribution in [1.29, 1.82) is 0 Å². The molecule has 0 aromatic rings. The fourth-order valence-corrected chi connectivity index (χ4v) is 3.74. The van der Waals surface area contributed by atoms with Crippen molar-refractivity contribution in [2.75, 3.05) is 27.2 Å². The smallest absolute Gasteiger partial charge is 0.270 e. The molecule has 0 aliphatic carbocycles. The minimum atomic E-state index is -3.39. The molecule has 1 unspecified atom stereocenters. The Morgan fingerprint density at radius 2 is 2.10 bits per heavy atom. The third kappa shape index (κ3) is 3.41. The van der Waals surface area contributed by atoms with E-state index in [1.807, 2.05) is 0 Å². The van der Waals surface area contributed by atoms with Crippen molar-refractivity contribution in [2.45, 2.75) is 30.9 Å². The number of hydrogen-bond donors (Lipinski definition) is 1. The molecule has 2 rings (SSSR count). The number of hydrogen-bond acceptors (Lipinski definition) is 5. The van der Waals surface area contributed by atoms with E-state index in [2.05, 4.69) is 9.82 Å². The number of likely N-dealkylation sites (tertiary alicyclic amines) is 1. The molecule has 1 N–H and O–H groups in total. The van der Waals surface area contributed by atoms with Gasteiger partial charge in [-0.2, -0.15) is 5.10 Å². The third-order valence-corrected chi connectivity index (χ3v) is 5.67. The maximum Gasteiger partial charge on any atom is 0.270 e. The van der Waals surface area contributed by atoms with E-state index in [1.54, 1.807) is 0 Å². The summed E-state index contributed by atoms with van der Waals surface area (Å²) >= 11 is 0. The van der Waals surface area contributed by atoms with Gasteiger partial charge in [-0.25, -0.2) is 18.1 Å². The Hall–Kier alpha value is -1.48. The van der Waals surface area contributed by atoms with Crippen LogP contribution in [0.25, 0.3) is 0 Å². The Morgan fingerprint density at radius 1 is 1.38 bits per heavy atom. The lowest BCUT2D eigenvalue weighted by Gasteiger charge is -2.33. The minimum Gasteiger partial charge on any atom is -0.336 e. The standard InChI is InChI=1S/C12H20N4O4S/c1-13-21(19,20)9-4-3-7-16(8-9)12(18)10-5-6-11(17)15(2)14-10/h9,13H,3-8H2,1-2H3. The molecular formula is C12H20N4O4S. The summed E-state index contributed by atoms with van der Waals surface area (Å²) in [7, 11) is -0.496. The van der Waals surface area contributed by atoms with E-state index in [0.717, 1.165) is 0 Å². The molecule has 2 aliphatic heterocycles. The first-order valence-corrected chi connectivity index (χ1v) is 8.45. The summed E-state index contributed by atoms with van der Waals surface area (Å²) in [4.78, 5) is 25.3. The van der Waals surface area contributed by atoms with Gasteiger partial charge < -0.3 is 4.90 Å². The van der Waals surface area contributed by atoms with Crippen LogP contribution < -0.4 is 4.72 Å². The minimum absolute atomic E-state index is 0.124. The average Bonchev–Trinajstić information content (AvgIpc) is 2.49. The first-order valence-electron chi connectivity index (χ1n) is 6.91. The van der Waals surface area contributed by atoms with Crippen LogP contribution in [0.5, 0.6) is 0 Å². The van der Waals surface area contributed by atoms with Gasteiger partial charge in [0, 0.05) is 33.0 Å². The molecule has 1 atom stereocenters. The lowest BCUT2D eigenvalue weighted by Crippen LogP contribution is -2.50. The molecule has 0 aromatic heterocycles. The van der Waals surface area contributed by atoms with Crippen LogP contribution in [0.4, 0.5) is 0 Å². The SMILES string of the molecule is CNS(=O)(=O)C1CCCN(C(=O)C2=NN(C)C(=O)CC2)C1. The van der Waals surface area contributed by atoms with E-state index in [-0.39, 0.29) is 24.8 Å². The molecule has 0 bridgehead atoms. The molecule has 2 aliphatic rings. The molecule has 0 saturated carbocycles. The molecule has 2 heterocycles. The zero-order valence-corrected chi connectivity index (χ0v) is 13.0. The second-order valence-corrected chi connectivity index (χ2v) is 7.39. The second-order valence-electron chi connectivity index (χ2n) is 5.23. The van der Waals surface area contributed by atoms with E-state index < -0.39 is 15.3 Å². The van der Waals surface area contributed by atoms with Crippen LogP contribution in [0.1, 0.15) is 25.7 Å². The molecule has 0 spiro atoms. The van der Waals surface area contributed by atoms with Crippen LogP contribution in [0.2, 0.25) is 0 Å². The van der Waals surface area contributed by atoms with Crippen molar-refractivity contribution in [1.82, 2.24) is 14.6 Å². The Morgan fingerprint density at radius 3 is 2.71 bits per heavy atom. The van der Waals surface area contributed by atoms with E-state index in [9.17, 15) is 18.0 Å². The predicted octanol–water partition coefficient (Wildman–Crippen LogP) is -0.865. The van der Waals surface area contributed by atoms with Crippen LogP contribution >= 0.6 is 0 Å². The largest absolute Gasteiger partial charge is 0.336 e. The Bertz CT molecular complexity index is 572. The van der Waals surface area contributed by atoms with Crippen LogP contribution in [0, 0.1) is 0 Å². The fourth-order valence-electron chi connectivity index (χ4n) is 2.55. The van der Waals surface area contributed by atoms with Gasteiger partial charge in [-0.1, -0.05) is 0 Å². The van der Waals surface area contributed by atoms with E-state index in [0.29, 0.717) is 31.5 Å². The Kier molecular flexibility index (Phi) is 4.62. The maximum atomic E-state index is 12.4. The molecule has 9 heteroatoms. The summed E-state index contributed by atoms with van der Waals surface area (Å²) in [6, 6.07) is 0. The van der Waals surface area contributed by atoms with Gasteiger partial charge in [0.1, 0.15) is 5.71 Å². The number of carbonyl (C=O) groups excluding carboxylic acids is 2. The number of rotatable bonds is 3. The zero-order chi connectivity index (χ0) is 15.6. The normalized spacial score (nSPS) is 24.0. The monoisotopic (exact) mass is 316 g/mol. The number of amides is 2. The molecule has 118 valence electrons. The Labute approximate surface area is 124 Å². The molecule has 8 nitrogen and oxygen atoms in total. The fraction of sp³-hybridized carbons (Fsp3) is 0.750. The zero-order valence-electron chi connectivity index (χ0n) is 12.2. The van der Waals surface area contributed by atoms with Gasteiger partial charge in [-0.3, -0.25) is 9.59 Å². The number of piperidine rings is 1. The summed E-state index contributed by atoms with van der Waals surface area (Å²) in [5, 5.41) is 4.57. The second kappa shape index (κ2) is 6.10. The topological polar surface area (TPSA) is 99.2 Å². The van der Waals surface area contributed by atoms with Crippen molar-refractivity contribution in [3.8, 4) is 0 Å². The third-order valence-electron chi connectivity index (χ3n) is 3.84. The highest BCUT2D eigenvalue weighted by atomic mass is 32.2. The number of sulfonamides is 1. The molecular weight excluding hydrogens is 296 g/mol. The summed E-state index contributed by atoms with van der Waals surface area (Å²) in [6.45, 7) is 0.684. The molecule has 21 heavy (non-hydrogen) atoms. The molecule has 0 radical (unpaired) electrons. The Balaban J connectivity index is 2.10. The van der Waals surface area contributed by atoms with Gasteiger partial charge in [-0.15, -0.1) is 0 Å². The van der Waals surface area contributed by atoms with Crippen molar-refractivity contribution in [3.05, 3.63) is 0 Å². The molecule has 1 fully saturated rings. The highest BCUT2D eigenvalue weighted by molar-refractivity contribution is 7.90. The van der Waals surface area contributed by atoms with Gasteiger partial charge >= 0.3 is 0 Å². The van der Waals surface area contributed by atoms with Gasteiger partial charge in [-0.05, 0) is 19.9 Å². The summed E-state index contributed by atoms with van der Waals surface area (Å²) in [6.07, 6.45) is 1.74.